The molecule has 0 aromatic heterocycles. The highest BCUT2D eigenvalue weighted by molar-refractivity contribution is 9.10. The maximum atomic E-state index is 13.6. The second-order valence-electron chi connectivity index (χ2n) is 16.8. The summed E-state index contributed by atoms with van der Waals surface area (Å²) in [6.07, 6.45) is 2.50. The fraction of sp³-hybridized carbons (Fsp3) is 0.617. The van der Waals surface area contributed by atoms with Crippen molar-refractivity contribution in [2.75, 3.05) is 54.9 Å². The van der Waals surface area contributed by atoms with Gasteiger partial charge in [-0.3, -0.25) is 28.8 Å². The molecule has 4 atom stereocenters. The van der Waals surface area contributed by atoms with Crippen molar-refractivity contribution < 1.29 is 76.1 Å². The summed E-state index contributed by atoms with van der Waals surface area (Å²) in [7, 11) is 5.69. The molecule has 0 heterocycles. The molecule has 18 heteroatoms. The first-order chi connectivity index (χ1) is 30.6. The van der Waals surface area contributed by atoms with Crippen LogP contribution in [0.4, 0.5) is 0 Å². The molecule has 2 aromatic carbocycles. The van der Waals surface area contributed by atoms with Gasteiger partial charge in [0, 0.05) is 0 Å². The predicted octanol–water partition coefficient (Wildman–Crippen LogP) is 8.77. The highest BCUT2D eigenvalue weighted by Crippen LogP contribution is 2.42. The lowest BCUT2D eigenvalue weighted by atomic mass is 9.79. The summed E-state index contributed by atoms with van der Waals surface area (Å²) in [5.41, 5.74) is -2.53. The summed E-state index contributed by atoms with van der Waals surface area (Å²) in [5.74, 6) is -4.74. The van der Waals surface area contributed by atoms with Crippen LogP contribution >= 0.6 is 31.9 Å². The second kappa shape index (κ2) is 27.2. The van der Waals surface area contributed by atoms with Gasteiger partial charge in [-0.05, 0) is 97.4 Å². The van der Waals surface area contributed by atoms with Crippen molar-refractivity contribution in [3.05, 3.63) is 36.4 Å². The number of rotatable bonds is 29. The Balaban J connectivity index is 2.14. The molecule has 0 saturated carbocycles. The quantitative estimate of drug-likeness (QED) is 0.0246. The average Bonchev–Trinajstić information content (AvgIpc) is 3.26. The zero-order valence-electron chi connectivity index (χ0n) is 39.5. The van der Waals surface area contributed by atoms with Gasteiger partial charge in [-0.2, -0.15) is 0 Å². The summed E-state index contributed by atoms with van der Waals surface area (Å²) in [5, 5.41) is 0. The number of esters is 6. The molecule has 0 spiro atoms. The lowest BCUT2D eigenvalue weighted by Gasteiger charge is -2.31. The molecule has 4 unspecified atom stereocenters. The van der Waals surface area contributed by atoms with Crippen molar-refractivity contribution >= 4 is 67.7 Å². The number of benzene rings is 2. The summed E-state index contributed by atoms with van der Waals surface area (Å²) >= 11 is 6.83. The smallest absolute Gasteiger partial charge is 0.328 e. The molecule has 0 amide bonds. The SMILES string of the molecule is CCCCOC(=O)C(CC(Br)C(=O)Oc1c(OC)cccc1OC)CC(C)(C)C(=O)OCCOC(=O)C(C)(C)CC(CC(C)(Br)C(=O)Oc1c(OC)cccc1OC)C(=O)OCCCC. The van der Waals surface area contributed by atoms with E-state index < -0.39 is 67.6 Å². The number of carbonyl (C=O) groups is 6. The lowest BCUT2D eigenvalue weighted by molar-refractivity contribution is -0.166. The number of halogens is 2. The molecule has 0 aliphatic rings. The van der Waals surface area contributed by atoms with Crippen molar-refractivity contribution in [3.8, 4) is 34.5 Å². The Morgan fingerprint density at radius 1 is 0.523 bits per heavy atom. The number of alkyl halides is 2. The van der Waals surface area contributed by atoms with E-state index in [0.717, 1.165) is 12.8 Å². The van der Waals surface area contributed by atoms with Gasteiger partial charge in [0.1, 0.15) is 22.4 Å². The van der Waals surface area contributed by atoms with Gasteiger partial charge in [-0.15, -0.1) is 0 Å². The van der Waals surface area contributed by atoms with E-state index in [1.165, 1.54) is 28.4 Å². The van der Waals surface area contributed by atoms with Crippen LogP contribution in [-0.4, -0.2) is 99.8 Å². The zero-order chi connectivity index (χ0) is 49.0. The average molecular weight is 1050 g/mol. The van der Waals surface area contributed by atoms with Gasteiger partial charge < -0.3 is 47.4 Å². The van der Waals surface area contributed by atoms with Crippen LogP contribution < -0.4 is 28.4 Å². The molecule has 0 saturated heterocycles. The van der Waals surface area contributed by atoms with Crippen molar-refractivity contribution in [3.63, 3.8) is 0 Å². The number of hydrogen-bond acceptors (Lipinski definition) is 16. The van der Waals surface area contributed by atoms with Gasteiger partial charge in [0.15, 0.2) is 23.0 Å². The monoisotopic (exact) mass is 1040 g/mol. The Hall–Kier alpha value is -4.58. The predicted molar refractivity (Wildman–Crippen MR) is 247 cm³/mol. The Morgan fingerprint density at radius 2 is 0.908 bits per heavy atom. The van der Waals surface area contributed by atoms with Crippen molar-refractivity contribution in [2.45, 2.75) is 109 Å². The van der Waals surface area contributed by atoms with E-state index in [0.29, 0.717) is 12.8 Å². The van der Waals surface area contributed by atoms with E-state index in [4.69, 9.17) is 47.4 Å². The fourth-order valence-electron chi connectivity index (χ4n) is 6.52. The van der Waals surface area contributed by atoms with Crippen LogP contribution in [0.5, 0.6) is 34.5 Å². The Kier molecular flexibility index (Phi) is 23.6. The molecule has 2 aromatic rings. The molecule has 0 bridgehead atoms. The van der Waals surface area contributed by atoms with Gasteiger partial charge in [-0.1, -0.05) is 70.7 Å². The molecule has 0 radical (unpaired) electrons. The highest BCUT2D eigenvalue weighted by Gasteiger charge is 2.43. The molecule has 0 fully saturated rings. The highest BCUT2D eigenvalue weighted by atomic mass is 79.9. The van der Waals surface area contributed by atoms with E-state index in [2.05, 4.69) is 31.9 Å². The van der Waals surface area contributed by atoms with Crippen molar-refractivity contribution in [1.82, 2.24) is 0 Å². The standard InChI is InChI=1S/C47H66Br2O16/c1-12-14-22-60-39(50)30(26-32(48)41(52)64-37-33(56-8)18-16-19-34(37)57-9)27-45(3,4)42(53)62-24-25-63-43(54)46(5,6)28-31(40(51)61-23-15-13-2)29-47(7,49)44(55)65-38-35(58-10)20-17-21-36(38)59-11/h16-21,30-32H,12-15,22-29H2,1-11H3. The Bertz CT molecular complexity index is 1850. The first-order valence-corrected chi connectivity index (χ1v) is 23.2. The molecule has 0 aliphatic heterocycles. The first-order valence-electron chi connectivity index (χ1n) is 21.5. The maximum absolute atomic E-state index is 13.6. The molecular weight excluding hydrogens is 980 g/mol. The maximum Gasteiger partial charge on any atom is 0.328 e. The van der Waals surface area contributed by atoms with E-state index in [-0.39, 0.29) is 86.6 Å². The van der Waals surface area contributed by atoms with Crippen LogP contribution in [-0.2, 0) is 47.7 Å². The zero-order valence-corrected chi connectivity index (χ0v) is 42.6. The normalized spacial score (nSPS) is 13.7. The van der Waals surface area contributed by atoms with Gasteiger partial charge in [-0.25, -0.2) is 0 Å². The molecule has 364 valence electrons. The van der Waals surface area contributed by atoms with E-state index >= 15 is 0 Å². The minimum Gasteiger partial charge on any atom is -0.493 e. The largest absolute Gasteiger partial charge is 0.493 e. The van der Waals surface area contributed by atoms with E-state index in [1.54, 1.807) is 71.0 Å². The fourth-order valence-corrected chi connectivity index (χ4v) is 7.54. The van der Waals surface area contributed by atoms with Crippen molar-refractivity contribution in [2.24, 2.45) is 22.7 Å². The minimum absolute atomic E-state index is 0.0564. The third-order valence-corrected chi connectivity index (χ3v) is 11.7. The third-order valence-electron chi connectivity index (χ3n) is 10.3. The number of para-hydroxylation sites is 2. The van der Waals surface area contributed by atoms with Crippen LogP contribution in [0.1, 0.15) is 99.8 Å². The van der Waals surface area contributed by atoms with E-state index in [9.17, 15) is 28.8 Å². The summed E-state index contributed by atoms with van der Waals surface area (Å²) < 4.78 is 53.5. The Labute approximate surface area is 399 Å². The van der Waals surface area contributed by atoms with Gasteiger partial charge in [0.05, 0.1) is 64.3 Å². The van der Waals surface area contributed by atoms with Crippen LogP contribution in [0.3, 0.4) is 0 Å². The molecule has 2 rings (SSSR count). The summed E-state index contributed by atoms with van der Waals surface area (Å²) in [4.78, 5) is 79.8. The molecular formula is C47H66Br2O16. The third kappa shape index (κ3) is 17.6. The number of hydrogen-bond donors (Lipinski definition) is 0. The van der Waals surface area contributed by atoms with Gasteiger partial charge in [0.2, 0.25) is 11.5 Å². The van der Waals surface area contributed by atoms with E-state index in [1.807, 2.05) is 13.8 Å². The number of methoxy groups -OCH3 is 4. The molecule has 65 heavy (non-hydrogen) atoms. The number of ether oxygens (including phenoxy) is 10. The van der Waals surface area contributed by atoms with Crippen LogP contribution in [0.15, 0.2) is 36.4 Å². The Morgan fingerprint density at radius 3 is 1.31 bits per heavy atom. The number of unbranched alkanes of at least 4 members (excludes halogenated alkanes) is 2. The molecule has 16 nitrogen and oxygen atoms in total. The summed E-state index contributed by atoms with van der Waals surface area (Å²) in [6, 6.07) is 9.77. The molecule has 0 N–H and O–H groups in total. The van der Waals surface area contributed by atoms with Crippen LogP contribution in [0.2, 0.25) is 0 Å². The van der Waals surface area contributed by atoms with Crippen molar-refractivity contribution in [1.29, 1.82) is 0 Å². The minimum atomic E-state index is -1.43. The van der Waals surface area contributed by atoms with Gasteiger partial charge in [0.25, 0.3) is 0 Å². The topological polar surface area (TPSA) is 195 Å². The first kappa shape index (κ1) is 56.5. The molecule has 0 aliphatic carbocycles. The van der Waals surface area contributed by atoms with Gasteiger partial charge >= 0.3 is 35.8 Å². The van der Waals surface area contributed by atoms with Crippen LogP contribution in [0, 0.1) is 22.7 Å². The lowest BCUT2D eigenvalue weighted by Crippen LogP contribution is -2.40. The number of carbonyl (C=O) groups excluding carboxylic acids is 6. The van der Waals surface area contributed by atoms with Crippen LogP contribution in [0.25, 0.3) is 0 Å². The second-order valence-corrected chi connectivity index (χ2v) is 19.6. The summed E-state index contributed by atoms with van der Waals surface area (Å²) in [6.45, 7) is 11.5.